The Hall–Kier alpha value is 1.11. The van der Waals surface area contributed by atoms with Gasteiger partial charge in [-0.2, -0.15) is 0 Å². The molecule has 0 unspecified atom stereocenters. The number of nitriles is 1. The maximum atomic E-state index is 6.50. The third-order valence-electron chi connectivity index (χ3n) is 0. The quantitative estimate of drug-likeness (QED) is 0.315. The maximum absolute atomic E-state index is 6.50. The largest absolute Gasteiger partial charge is 1.00 e. The van der Waals surface area contributed by atoms with Crippen molar-refractivity contribution in [2.24, 2.45) is 0 Å². The van der Waals surface area contributed by atoms with Gasteiger partial charge in [-0.05, 0) is 0 Å². The van der Waals surface area contributed by atoms with Crippen LogP contribution in [0.3, 0.4) is 0 Å². The van der Waals surface area contributed by atoms with Gasteiger partial charge < -0.3 is 1.43 Å². The zero-order valence-corrected chi connectivity index (χ0v) is 7.70. The van der Waals surface area contributed by atoms with E-state index in [9.17, 15) is 0 Å². The van der Waals surface area contributed by atoms with Crippen molar-refractivity contribution < 1.29 is 50.5 Å². The maximum Gasteiger partial charge on any atom is 1.00 e. The van der Waals surface area contributed by atoms with Crippen molar-refractivity contribution in [2.75, 3.05) is 0 Å². The third-order valence-corrected chi connectivity index (χ3v) is 0. The van der Waals surface area contributed by atoms with Gasteiger partial charge in [0.05, 0.1) is 0 Å². The number of rotatable bonds is 0. The number of nitrogens with zero attached hydrogens (tertiary/aromatic N) is 1. The smallest absolute Gasteiger partial charge is 1.00 e. The van der Waals surface area contributed by atoms with Crippen LogP contribution in [-0.2, 0) is 19.5 Å². The van der Waals surface area contributed by atoms with Crippen LogP contribution in [0.15, 0.2) is 0 Å². The Morgan fingerprint density at radius 3 is 1.50 bits per heavy atom. The fourth-order valence-electron chi connectivity index (χ4n) is 0. The summed E-state index contributed by atoms with van der Waals surface area (Å²) in [4.78, 5) is 0. The van der Waals surface area contributed by atoms with Crippen molar-refractivity contribution in [3.8, 4) is 6.57 Å². The second kappa shape index (κ2) is 32.2. The molecule has 0 saturated carbocycles. The molecule has 4 heavy (non-hydrogen) atoms. The van der Waals surface area contributed by atoms with Gasteiger partial charge in [0.2, 0.25) is 0 Å². The van der Waals surface area contributed by atoms with Gasteiger partial charge in [-0.1, -0.05) is 0 Å². The van der Waals surface area contributed by atoms with Gasteiger partial charge in [0, 0.05) is 26.1 Å². The van der Waals surface area contributed by atoms with Crippen LogP contribution in [0.2, 0.25) is 0 Å². The zero-order valence-electron chi connectivity index (χ0n) is 3.73. The molecule has 0 aromatic rings. The van der Waals surface area contributed by atoms with E-state index in [-0.39, 0.29) is 50.5 Å². The first-order chi connectivity index (χ1) is 1.00. The van der Waals surface area contributed by atoms with Crippen LogP contribution in [0, 0.1) is 11.8 Å². The first-order valence-corrected chi connectivity index (χ1v) is 0.258. The second-order valence-corrected chi connectivity index (χ2v) is 0. The first kappa shape index (κ1) is 19.4. The van der Waals surface area contributed by atoms with Crippen molar-refractivity contribution in [3.63, 3.8) is 0 Å². The predicted octanol–water partition coefficient (Wildman–Crippen LogP) is -2.75. The molecule has 0 saturated heterocycles. The van der Waals surface area contributed by atoms with Gasteiger partial charge in [-0.25, -0.2) is 5.26 Å². The van der Waals surface area contributed by atoms with Crippen LogP contribution in [0.1, 0.15) is 1.43 Å². The molecule has 0 spiro atoms. The fraction of sp³-hybridized carbons (Fsp3) is 0. The molecule has 14 valence electrons. The van der Waals surface area contributed by atoms with Gasteiger partial charge >= 0.3 is 29.6 Å². The van der Waals surface area contributed by atoms with Gasteiger partial charge in [0.1, 0.15) is 0 Å². The van der Waals surface area contributed by atoms with Crippen molar-refractivity contribution >= 4 is 0 Å². The number of hydrogen-bond acceptors (Lipinski definition) is 1. The summed E-state index contributed by atoms with van der Waals surface area (Å²) in [5.41, 5.74) is 0. The van der Waals surface area contributed by atoms with Crippen LogP contribution >= 0.6 is 0 Å². The van der Waals surface area contributed by atoms with Crippen molar-refractivity contribution in [1.29, 1.82) is 5.26 Å². The van der Waals surface area contributed by atoms with E-state index in [1.807, 2.05) is 0 Å². The molecule has 0 heterocycles. The van der Waals surface area contributed by atoms with Crippen LogP contribution in [-0.4, -0.2) is 0 Å². The van der Waals surface area contributed by atoms with Crippen LogP contribution in [0.4, 0.5) is 0 Å². The van der Waals surface area contributed by atoms with Crippen molar-refractivity contribution in [2.45, 2.75) is 0 Å². The molecular weight excluding hydrogens is 114 g/mol. The molecule has 0 aliphatic carbocycles. The molecule has 0 radical (unpaired) electrons. The molecule has 0 aromatic heterocycles. The monoisotopic (exact) mass is 115 g/mol. The molecule has 0 amide bonds. The van der Waals surface area contributed by atoms with E-state index in [0.29, 0.717) is 0 Å². The summed E-state index contributed by atoms with van der Waals surface area (Å²) in [5, 5.41) is 6.50. The molecule has 0 N–H and O–H groups in total. The van der Waals surface area contributed by atoms with E-state index in [0.717, 1.165) is 0 Å². The molecule has 3 heteroatoms. The van der Waals surface area contributed by atoms with E-state index >= 15 is 0 Å². The second-order valence-electron chi connectivity index (χ2n) is 0. The molecule has 0 bridgehead atoms. The van der Waals surface area contributed by atoms with Gasteiger partial charge in [0.15, 0.2) is 0 Å². The summed E-state index contributed by atoms with van der Waals surface area (Å²) in [7, 11) is 0. The Balaban J connectivity index is -0.00000000167. The Labute approximate surface area is 61.9 Å². The predicted molar refractivity (Wildman–Crippen MR) is 7.78 cm³/mol. The Morgan fingerprint density at radius 1 is 1.50 bits per heavy atom. The minimum Gasteiger partial charge on any atom is -1.00 e. The van der Waals surface area contributed by atoms with Crippen LogP contribution in [0.25, 0.3) is 0 Å². The van der Waals surface area contributed by atoms with Gasteiger partial charge in [-0.15, -0.1) is 0 Å². The third kappa shape index (κ3) is 11.2. The zero-order chi connectivity index (χ0) is 2.00. The standard InChI is InChI=1S/CHN.Na.Zn.H/c1-2;;;/h1H;;;/q;+1;;-1. The normalized spacial score (nSPS) is 0.500. The molecule has 0 atom stereocenters. The van der Waals surface area contributed by atoms with Crippen molar-refractivity contribution in [3.05, 3.63) is 0 Å². The molecule has 0 fully saturated rings. The average Bonchev–Trinajstić information content (AvgIpc) is 1.00. The first-order valence-electron chi connectivity index (χ1n) is 0.258. The van der Waals surface area contributed by atoms with E-state index in [2.05, 4.69) is 6.57 Å². The van der Waals surface area contributed by atoms with Crippen LogP contribution in [0.5, 0.6) is 0 Å². The van der Waals surface area contributed by atoms with E-state index in [1.165, 1.54) is 0 Å². The fourth-order valence-corrected chi connectivity index (χ4v) is 0. The molecular formula is CH2NNaZn. The van der Waals surface area contributed by atoms with E-state index < -0.39 is 0 Å². The van der Waals surface area contributed by atoms with E-state index in [4.69, 9.17) is 5.26 Å². The Kier molecular flexibility index (Phi) is 156. The summed E-state index contributed by atoms with van der Waals surface area (Å²) in [6.45, 7) is 3.50. The summed E-state index contributed by atoms with van der Waals surface area (Å²) in [5.74, 6) is 0. The average molecular weight is 116 g/mol. The molecule has 0 aliphatic heterocycles. The van der Waals surface area contributed by atoms with Crippen LogP contribution < -0.4 is 29.6 Å². The molecule has 0 rings (SSSR count). The summed E-state index contributed by atoms with van der Waals surface area (Å²) >= 11 is 0. The van der Waals surface area contributed by atoms with Gasteiger partial charge in [0.25, 0.3) is 0 Å². The minimum absolute atomic E-state index is 0. The molecule has 0 aliphatic rings. The molecule has 1 nitrogen and oxygen atoms in total. The Morgan fingerprint density at radius 2 is 1.50 bits per heavy atom. The topological polar surface area (TPSA) is 23.8 Å². The Bertz CT molecular complexity index is 16.4. The minimum atomic E-state index is 0. The summed E-state index contributed by atoms with van der Waals surface area (Å²) < 4.78 is 0. The van der Waals surface area contributed by atoms with Gasteiger partial charge in [-0.3, -0.25) is 0 Å². The van der Waals surface area contributed by atoms with E-state index in [1.54, 1.807) is 0 Å². The summed E-state index contributed by atoms with van der Waals surface area (Å²) in [6, 6.07) is 0. The van der Waals surface area contributed by atoms with Crippen molar-refractivity contribution in [1.82, 2.24) is 0 Å². The summed E-state index contributed by atoms with van der Waals surface area (Å²) in [6.07, 6.45) is 0. The molecule has 0 aromatic carbocycles. The SMILES string of the molecule is C#N.[H-].[Na+].[Zn]. The number of hydrogen-bond donors (Lipinski definition) is 0.